The molecule has 0 fully saturated rings. The van der Waals surface area contributed by atoms with E-state index < -0.39 is 0 Å². The molecule has 0 radical (unpaired) electrons. The molecule has 1 amide bonds. The van der Waals surface area contributed by atoms with Crippen LogP contribution in [0.3, 0.4) is 0 Å². The van der Waals surface area contributed by atoms with E-state index in [9.17, 15) is 4.79 Å². The number of anilines is 1. The maximum Gasteiger partial charge on any atom is 0.238 e. The molecule has 2 aromatic rings. The minimum Gasteiger partial charge on any atom is -0.325 e. The van der Waals surface area contributed by atoms with Gasteiger partial charge < -0.3 is 10.6 Å². The highest BCUT2D eigenvalue weighted by atomic mass is 16.1. The van der Waals surface area contributed by atoms with E-state index in [0.29, 0.717) is 13.1 Å². The predicted octanol–water partition coefficient (Wildman–Crippen LogP) is 2.72. The molecule has 0 aliphatic carbocycles. The largest absolute Gasteiger partial charge is 0.325 e. The Morgan fingerprint density at radius 3 is 2.58 bits per heavy atom. The van der Waals surface area contributed by atoms with Crippen LogP contribution in [0.5, 0.6) is 0 Å². The SMILES string of the molecule is Cc1cccc(NC(=O)CNCc2ccccc2)c1. The van der Waals surface area contributed by atoms with Gasteiger partial charge in [-0.1, -0.05) is 42.5 Å². The fourth-order valence-electron chi connectivity index (χ4n) is 1.84. The highest BCUT2D eigenvalue weighted by molar-refractivity contribution is 5.92. The summed E-state index contributed by atoms with van der Waals surface area (Å²) >= 11 is 0. The molecule has 0 heterocycles. The maximum absolute atomic E-state index is 11.7. The lowest BCUT2D eigenvalue weighted by atomic mass is 10.2. The molecule has 0 bridgehead atoms. The number of carbonyl (C=O) groups excluding carboxylic acids is 1. The topological polar surface area (TPSA) is 41.1 Å². The van der Waals surface area contributed by atoms with Crippen LogP contribution in [0, 0.1) is 6.92 Å². The Hall–Kier alpha value is -2.13. The molecule has 0 atom stereocenters. The van der Waals surface area contributed by atoms with Crippen molar-refractivity contribution in [3.8, 4) is 0 Å². The Balaban J connectivity index is 1.76. The molecule has 0 aliphatic rings. The van der Waals surface area contributed by atoms with Gasteiger partial charge in [-0.25, -0.2) is 0 Å². The minimum atomic E-state index is -0.0264. The van der Waals surface area contributed by atoms with Gasteiger partial charge in [-0.2, -0.15) is 0 Å². The number of rotatable bonds is 5. The number of benzene rings is 2. The first-order valence-corrected chi connectivity index (χ1v) is 6.35. The van der Waals surface area contributed by atoms with Gasteiger partial charge in [-0.15, -0.1) is 0 Å². The molecule has 0 aromatic heterocycles. The zero-order chi connectivity index (χ0) is 13.5. The lowest BCUT2D eigenvalue weighted by molar-refractivity contribution is -0.115. The highest BCUT2D eigenvalue weighted by Crippen LogP contribution is 2.08. The van der Waals surface area contributed by atoms with Crippen molar-refractivity contribution in [2.75, 3.05) is 11.9 Å². The summed E-state index contributed by atoms with van der Waals surface area (Å²) in [5.41, 5.74) is 3.15. The van der Waals surface area contributed by atoms with Gasteiger partial charge >= 0.3 is 0 Å². The second-order valence-corrected chi connectivity index (χ2v) is 4.51. The fourth-order valence-corrected chi connectivity index (χ4v) is 1.84. The molecule has 0 unspecified atom stereocenters. The first-order chi connectivity index (χ1) is 9.24. The number of hydrogen-bond acceptors (Lipinski definition) is 2. The lowest BCUT2D eigenvalue weighted by Crippen LogP contribution is -2.27. The number of aryl methyl sites for hydroxylation is 1. The van der Waals surface area contributed by atoms with Gasteiger partial charge in [0.2, 0.25) is 5.91 Å². The van der Waals surface area contributed by atoms with Crippen molar-refractivity contribution in [3.05, 3.63) is 65.7 Å². The Labute approximate surface area is 113 Å². The second-order valence-electron chi connectivity index (χ2n) is 4.51. The van der Waals surface area contributed by atoms with Crippen LogP contribution in [-0.4, -0.2) is 12.5 Å². The third-order valence-corrected chi connectivity index (χ3v) is 2.76. The summed E-state index contributed by atoms with van der Waals surface area (Å²) in [6, 6.07) is 17.8. The predicted molar refractivity (Wildman–Crippen MR) is 78.0 cm³/mol. The Morgan fingerprint density at radius 1 is 1.05 bits per heavy atom. The quantitative estimate of drug-likeness (QED) is 0.861. The van der Waals surface area contributed by atoms with Crippen LogP contribution in [0.4, 0.5) is 5.69 Å². The maximum atomic E-state index is 11.7. The van der Waals surface area contributed by atoms with E-state index in [-0.39, 0.29) is 5.91 Å². The van der Waals surface area contributed by atoms with Crippen molar-refractivity contribution in [1.29, 1.82) is 0 Å². The van der Waals surface area contributed by atoms with Crippen LogP contribution in [0.25, 0.3) is 0 Å². The van der Waals surface area contributed by atoms with E-state index in [4.69, 9.17) is 0 Å². The minimum absolute atomic E-state index is 0.0264. The molecule has 2 N–H and O–H groups in total. The van der Waals surface area contributed by atoms with E-state index in [1.54, 1.807) is 0 Å². The first-order valence-electron chi connectivity index (χ1n) is 6.35. The summed E-state index contributed by atoms with van der Waals surface area (Å²) < 4.78 is 0. The molecule has 0 saturated heterocycles. The molecule has 2 rings (SSSR count). The van der Waals surface area contributed by atoms with Crippen LogP contribution in [0.15, 0.2) is 54.6 Å². The first kappa shape index (κ1) is 13.3. The molecular formula is C16H18N2O. The normalized spacial score (nSPS) is 10.2. The van der Waals surface area contributed by atoms with Crippen molar-refractivity contribution in [3.63, 3.8) is 0 Å². The summed E-state index contributed by atoms with van der Waals surface area (Å²) in [5, 5.41) is 5.99. The number of amides is 1. The zero-order valence-corrected chi connectivity index (χ0v) is 11.0. The van der Waals surface area contributed by atoms with E-state index in [0.717, 1.165) is 11.3 Å². The number of hydrogen-bond donors (Lipinski definition) is 2. The van der Waals surface area contributed by atoms with E-state index >= 15 is 0 Å². The average molecular weight is 254 g/mol. The monoisotopic (exact) mass is 254 g/mol. The number of nitrogens with one attached hydrogen (secondary N) is 2. The van der Waals surface area contributed by atoms with Crippen LogP contribution >= 0.6 is 0 Å². The van der Waals surface area contributed by atoms with Gasteiger partial charge in [0.1, 0.15) is 0 Å². The van der Waals surface area contributed by atoms with Gasteiger partial charge in [-0.05, 0) is 30.2 Å². The van der Waals surface area contributed by atoms with Gasteiger partial charge in [-0.3, -0.25) is 4.79 Å². The van der Waals surface area contributed by atoms with E-state index in [2.05, 4.69) is 10.6 Å². The molecular weight excluding hydrogens is 236 g/mol. The third kappa shape index (κ3) is 4.56. The van der Waals surface area contributed by atoms with Gasteiger partial charge in [0.15, 0.2) is 0 Å². The summed E-state index contributed by atoms with van der Waals surface area (Å²) in [6.45, 7) is 3.01. The highest BCUT2D eigenvalue weighted by Gasteiger charge is 2.01. The molecule has 98 valence electrons. The van der Waals surface area contributed by atoms with Crippen molar-refractivity contribution in [1.82, 2.24) is 5.32 Å². The Morgan fingerprint density at radius 2 is 1.84 bits per heavy atom. The second kappa shape index (κ2) is 6.71. The molecule has 0 saturated carbocycles. The van der Waals surface area contributed by atoms with Gasteiger partial charge in [0.25, 0.3) is 0 Å². The molecule has 0 spiro atoms. The van der Waals surface area contributed by atoms with Crippen LogP contribution in [0.2, 0.25) is 0 Å². The van der Waals surface area contributed by atoms with Gasteiger partial charge in [0, 0.05) is 12.2 Å². The third-order valence-electron chi connectivity index (χ3n) is 2.76. The van der Waals surface area contributed by atoms with Crippen molar-refractivity contribution in [2.45, 2.75) is 13.5 Å². The van der Waals surface area contributed by atoms with Crippen LogP contribution in [-0.2, 0) is 11.3 Å². The summed E-state index contributed by atoms with van der Waals surface area (Å²) in [7, 11) is 0. The van der Waals surface area contributed by atoms with Crippen molar-refractivity contribution >= 4 is 11.6 Å². The average Bonchev–Trinajstić information content (AvgIpc) is 2.40. The van der Waals surface area contributed by atoms with E-state index in [1.165, 1.54) is 5.56 Å². The van der Waals surface area contributed by atoms with Crippen LogP contribution < -0.4 is 10.6 Å². The number of carbonyl (C=O) groups is 1. The summed E-state index contributed by atoms with van der Waals surface area (Å²) in [5.74, 6) is -0.0264. The fraction of sp³-hybridized carbons (Fsp3) is 0.188. The molecule has 3 nitrogen and oxygen atoms in total. The molecule has 3 heteroatoms. The smallest absolute Gasteiger partial charge is 0.238 e. The molecule has 2 aromatic carbocycles. The Kier molecular flexibility index (Phi) is 4.70. The van der Waals surface area contributed by atoms with Crippen molar-refractivity contribution in [2.24, 2.45) is 0 Å². The molecule has 19 heavy (non-hydrogen) atoms. The Bertz CT molecular complexity index is 537. The zero-order valence-electron chi connectivity index (χ0n) is 11.0. The standard InChI is InChI=1S/C16H18N2O/c1-13-6-5-9-15(10-13)18-16(19)12-17-11-14-7-3-2-4-8-14/h2-10,17H,11-12H2,1H3,(H,18,19). The van der Waals surface area contributed by atoms with Crippen LogP contribution in [0.1, 0.15) is 11.1 Å². The summed E-state index contributed by atoms with van der Waals surface area (Å²) in [6.07, 6.45) is 0. The molecule has 0 aliphatic heterocycles. The summed E-state index contributed by atoms with van der Waals surface area (Å²) in [4.78, 5) is 11.7. The van der Waals surface area contributed by atoms with E-state index in [1.807, 2.05) is 61.5 Å². The lowest BCUT2D eigenvalue weighted by Gasteiger charge is -2.07. The van der Waals surface area contributed by atoms with Crippen molar-refractivity contribution < 1.29 is 4.79 Å². The van der Waals surface area contributed by atoms with Gasteiger partial charge in [0.05, 0.1) is 6.54 Å².